The molecule has 0 bridgehead atoms. The molecular weight excluding hydrogens is 406 g/mol. The molecule has 1 amide bonds. The molecule has 1 N–H and O–H groups in total. The summed E-state index contributed by atoms with van der Waals surface area (Å²) >= 11 is 1.50. The van der Waals surface area contributed by atoms with Gasteiger partial charge in [-0.15, -0.1) is 11.3 Å². The minimum Gasteiger partial charge on any atom is -0.348 e. The van der Waals surface area contributed by atoms with Gasteiger partial charge in [-0.05, 0) is 37.0 Å². The van der Waals surface area contributed by atoms with Crippen LogP contribution in [0, 0.1) is 6.92 Å². The second kappa shape index (κ2) is 8.86. The van der Waals surface area contributed by atoms with Crippen LogP contribution in [0.2, 0.25) is 0 Å². The van der Waals surface area contributed by atoms with E-state index in [1.54, 1.807) is 0 Å². The summed E-state index contributed by atoms with van der Waals surface area (Å²) in [5.41, 5.74) is 3.98. The van der Waals surface area contributed by atoms with E-state index in [0.717, 1.165) is 28.0 Å². The highest BCUT2D eigenvalue weighted by molar-refractivity contribution is 7.19. The van der Waals surface area contributed by atoms with Gasteiger partial charge in [0.1, 0.15) is 11.4 Å². The quantitative estimate of drug-likeness (QED) is 0.474. The molecule has 158 valence electrons. The minimum absolute atomic E-state index is 0.0672. The summed E-state index contributed by atoms with van der Waals surface area (Å²) < 4.78 is 1.39. The molecule has 0 fully saturated rings. The molecule has 1 atom stereocenters. The number of fused-ring (bicyclic) bond motifs is 1. The van der Waals surface area contributed by atoms with Crippen molar-refractivity contribution >= 4 is 27.5 Å². The lowest BCUT2D eigenvalue weighted by Gasteiger charge is -2.15. The number of thiophene rings is 1. The Hall–Kier alpha value is -3.25. The van der Waals surface area contributed by atoms with E-state index >= 15 is 0 Å². The lowest BCUT2D eigenvalue weighted by molar-refractivity contribution is -0.122. The topological polar surface area (TPSA) is 64.0 Å². The second-order valence-corrected chi connectivity index (χ2v) is 8.84. The van der Waals surface area contributed by atoms with E-state index in [2.05, 4.69) is 29.4 Å². The molecular formula is C25H25N3O2S. The highest BCUT2D eigenvalue weighted by atomic mass is 32.1. The van der Waals surface area contributed by atoms with Crippen molar-refractivity contribution in [1.82, 2.24) is 14.9 Å². The van der Waals surface area contributed by atoms with E-state index in [1.165, 1.54) is 27.8 Å². The van der Waals surface area contributed by atoms with Gasteiger partial charge in [0, 0.05) is 10.4 Å². The van der Waals surface area contributed by atoms with Gasteiger partial charge in [0.25, 0.3) is 5.56 Å². The van der Waals surface area contributed by atoms with Crippen molar-refractivity contribution in [2.24, 2.45) is 0 Å². The van der Waals surface area contributed by atoms with Crippen molar-refractivity contribution in [3.63, 3.8) is 0 Å². The molecule has 0 aliphatic rings. The first kappa shape index (κ1) is 21.0. The summed E-state index contributed by atoms with van der Waals surface area (Å²) in [4.78, 5) is 32.1. The first-order valence-electron chi connectivity index (χ1n) is 10.4. The maximum Gasteiger partial charge on any atom is 0.263 e. The third-order valence-corrected chi connectivity index (χ3v) is 6.51. The molecule has 2 aromatic carbocycles. The summed E-state index contributed by atoms with van der Waals surface area (Å²) in [7, 11) is 0. The summed E-state index contributed by atoms with van der Waals surface area (Å²) in [6, 6.07) is 17.9. The number of carbonyl (C=O) groups is 1. The van der Waals surface area contributed by atoms with Gasteiger partial charge < -0.3 is 5.32 Å². The van der Waals surface area contributed by atoms with Gasteiger partial charge in [-0.2, -0.15) is 0 Å². The average Bonchev–Trinajstić information content (AvgIpc) is 3.13. The Morgan fingerprint density at radius 3 is 2.52 bits per heavy atom. The van der Waals surface area contributed by atoms with E-state index in [4.69, 9.17) is 0 Å². The summed E-state index contributed by atoms with van der Waals surface area (Å²) in [5, 5.41) is 3.56. The van der Waals surface area contributed by atoms with Crippen LogP contribution < -0.4 is 10.9 Å². The number of carbonyl (C=O) groups excluding carboxylic acids is 1. The Kier molecular flexibility index (Phi) is 6.00. The molecule has 31 heavy (non-hydrogen) atoms. The van der Waals surface area contributed by atoms with Crippen molar-refractivity contribution in [1.29, 1.82) is 0 Å². The summed E-state index contributed by atoms with van der Waals surface area (Å²) in [5.74, 6) is -0.219. The predicted octanol–water partition coefficient (Wildman–Crippen LogP) is 4.87. The van der Waals surface area contributed by atoms with Crippen LogP contribution in [0.15, 0.2) is 65.7 Å². The highest BCUT2D eigenvalue weighted by Gasteiger charge is 2.18. The molecule has 1 unspecified atom stereocenters. The lowest BCUT2D eigenvalue weighted by Crippen LogP contribution is -2.33. The fourth-order valence-electron chi connectivity index (χ4n) is 3.77. The zero-order valence-corrected chi connectivity index (χ0v) is 18.7. The minimum atomic E-state index is -0.219. The number of aromatic nitrogens is 2. The molecule has 4 rings (SSSR count). The molecule has 0 saturated carbocycles. The van der Waals surface area contributed by atoms with E-state index in [-0.39, 0.29) is 24.1 Å². The fourth-order valence-corrected chi connectivity index (χ4v) is 4.77. The molecule has 0 saturated heterocycles. The smallest absolute Gasteiger partial charge is 0.263 e. The van der Waals surface area contributed by atoms with E-state index in [1.807, 2.05) is 56.3 Å². The molecule has 6 heteroatoms. The molecule has 4 aromatic rings. The number of hydrogen-bond acceptors (Lipinski definition) is 4. The first-order chi connectivity index (χ1) is 15.0. The Morgan fingerprint density at radius 2 is 1.84 bits per heavy atom. The van der Waals surface area contributed by atoms with Gasteiger partial charge in [0.15, 0.2) is 0 Å². The predicted molar refractivity (Wildman–Crippen MR) is 126 cm³/mol. The van der Waals surface area contributed by atoms with Gasteiger partial charge in [-0.1, -0.05) is 61.5 Å². The number of nitrogens with one attached hydrogen (secondary N) is 1. The zero-order chi connectivity index (χ0) is 22.0. The van der Waals surface area contributed by atoms with Gasteiger partial charge in [-0.3, -0.25) is 14.2 Å². The number of rotatable bonds is 6. The molecule has 0 radical (unpaired) electrons. The fraction of sp³-hybridized carbons (Fsp3) is 0.240. The van der Waals surface area contributed by atoms with Crippen molar-refractivity contribution in [2.75, 3.05) is 0 Å². The van der Waals surface area contributed by atoms with Gasteiger partial charge >= 0.3 is 0 Å². The number of aryl methyl sites for hydroxylation is 2. The highest BCUT2D eigenvalue weighted by Crippen LogP contribution is 2.35. The normalized spacial score (nSPS) is 12.1. The van der Waals surface area contributed by atoms with Crippen LogP contribution in [0.25, 0.3) is 21.3 Å². The van der Waals surface area contributed by atoms with Crippen LogP contribution in [0.1, 0.15) is 35.9 Å². The maximum atomic E-state index is 13.2. The summed E-state index contributed by atoms with van der Waals surface area (Å²) in [6.45, 7) is 5.98. The van der Waals surface area contributed by atoms with Gasteiger partial charge in [-0.25, -0.2) is 4.98 Å². The van der Waals surface area contributed by atoms with Crippen molar-refractivity contribution in [3.8, 4) is 11.1 Å². The molecule has 2 heterocycles. The molecule has 0 spiro atoms. The lowest BCUT2D eigenvalue weighted by atomic mass is 10.0. The molecule has 5 nitrogen and oxygen atoms in total. The Morgan fingerprint density at radius 1 is 1.13 bits per heavy atom. The van der Waals surface area contributed by atoms with Crippen molar-refractivity contribution < 1.29 is 4.79 Å². The summed E-state index contributed by atoms with van der Waals surface area (Å²) in [6.07, 6.45) is 2.45. The SMILES string of the molecule is CCc1ccc(C(C)NC(=O)Cn2cnc3sc(C)c(-c4ccccc4)c3c2=O)cc1. The Balaban J connectivity index is 1.59. The average molecular weight is 432 g/mol. The number of hydrogen-bond donors (Lipinski definition) is 1. The Bertz CT molecular complexity index is 1270. The maximum absolute atomic E-state index is 13.2. The third kappa shape index (κ3) is 4.30. The van der Waals surface area contributed by atoms with E-state index in [0.29, 0.717) is 10.2 Å². The van der Waals surface area contributed by atoms with Crippen LogP contribution in [-0.2, 0) is 17.8 Å². The first-order valence-corrected chi connectivity index (χ1v) is 11.2. The monoisotopic (exact) mass is 431 g/mol. The van der Waals surface area contributed by atoms with Crippen LogP contribution in [0.4, 0.5) is 0 Å². The number of nitrogens with zero attached hydrogens (tertiary/aromatic N) is 2. The molecule has 0 aliphatic carbocycles. The van der Waals surface area contributed by atoms with Crippen molar-refractivity contribution in [2.45, 2.75) is 39.8 Å². The van der Waals surface area contributed by atoms with Crippen molar-refractivity contribution in [3.05, 3.63) is 87.3 Å². The van der Waals surface area contributed by atoms with Crippen LogP contribution in [-0.4, -0.2) is 15.5 Å². The second-order valence-electron chi connectivity index (χ2n) is 7.64. The largest absolute Gasteiger partial charge is 0.348 e. The Labute approximate surface area is 185 Å². The van der Waals surface area contributed by atoms with Crippen LogP contribution in [0.3, 0.4) is 0 Å². The van der Waals surface area contributed by atoms with Crippen LogP contribution >= 0.6 is 11.3 Å². The van der Waals surface area contributed by atoms with Crippen LogP contribution in [0.5, 0.6) is 0 Å². The third-order valence-electron chi connectivity index (χ3n) is 5.50. The number of benzene rings is 2. The van der Waals surface area contributed by atoms with Gasteiger partial charge in [0.05, 0.1) is 17.8 Å². The van der Waals surface area contributed by atoms with Gasteiger partial charge in [0.2, 0.25) is 5.91 Å². The number of amides is 1. The molecule has 0 aliphatic heterocycles. The molecule has 2 aromatic heterocycles. The standard InChI is InChI=1S/C25H25N3O2S/c1-4-18-10-12-19(13-11-18)16(2)27-21(29)14-28-15-26-24-23(25(28)30)22(17(3)31-24)20-8-6-5-7-9-20/h5-13,15-16H,4,14H2,1-3H3,(H,27,29). The zero-order valence-electron chi connectivity index (χ0n) is 17.9. The van der Waals surface area contributed by atoms with E-state index < -0.39 is 0 Å². The van der Waals surface area contributed by atoms with E-state index in [9.17, 15) is 9.59 Å².